The minimum atomic E-state index is -2.69. The zero-order valence-electron chi connectivity index (χ0n) is 21.0. The second kappa shape index (κ2) is 11.8. The number of halogens is 4. The van der Waals surface area contributed by atoms with Gasteiger partial charge < -0.3 is 5.32 Å². The Labute approximate surface area is 213 Å². The van der Waals surface area contributed by atoms with E-state index in [4.69, 9.17) is 9.72 Å². The van der Waals surface area contributed by atoms with Crippen LogP contribution >= 0.6 is 19.8 Å². The molecule has 0 bridgehead atoms. The summed E-state index contributed by atoms with van der Waals surface area (Å²) in [7, 11) is 0. The van der Waals surface area contributed by atoms with Gasteiger partial charge in [0.25, 0.3) is 0 Å². The van der Waals surface area contributed by atoms with Crippen LogP contribution in [0, 0.1) is 16.4 Å². The molecule has 35 heavy (non-hydrogen) atoms. The standard InChI is InChI=1S/C26H35F3IN3O2/c1-6-30(13-12-26(5,28)29)24-17(2)15-23(27)25(32-24)33-14-11-22(16-33)35-21-9-7-20(8-10-21)18(3)31-19(4)34/h7-10,15,18,22H,6,11-14,16H2,1-5H3,(H,31,34)/t18-,22?/m0/s1. The number of pyridine rings is 1. The number of rotatable bonds is 10. The van der Waals surface area contributed by atoms with E-state index in [-0.39, 0.29) is 30.3 Å². The van der Waals surface area contributed by atoms with Gasteiger partial charge in [-0.3, -0.25) is 4.79 Å². The number of nitrogens with zero attached hydrogens (tertiary/aromatic N) is 2. The van der Waals surface area contributed by atoms with E-state index in [9.17, 15) is 18.0 Å². The molecule has 1 aliphatic rings. The van der Waals surface area contributed by atoms with Crippen LogP contribution in [0.25, 0.3) is 0 Å². The summed E-state index contributed by atoms with van der Waals surface area (Å²) in [5.74, 6) is -2.14. The average Bonchev–Trinajstić information content (AvgIpc) is 3.22. The first-order valence-corrected chi connectivity index (χ1v) is 16.0. The molecule has 9 heteroatoms. The number of anilines is 1. The van der Waals surface area contributed by atoms with Gasteiger partial charge in [0.2, 0.25) is 5.91 Å². The van der Waals surface area contributed by atoms with Crippen LogP contribution in [0.4, 0.5) is 19.0 Å². The fourth-order valence-electron chi connectivity index (χ4n) is 4.10. The van der Waals surface area contributed by atoms with Crippen LogP contribution < -0.4 is 15.0 Å². The van der Waals surface area contributed by atoms with Crippen LogP contribution in [0.3, 0.4) is 0 Å². The molecule has 0 radical (unpaired) electrons. The van der Waals surface area contributed by atoms with Crippen molar-refractivity contribution < 1.29 is 22.7 Å². The van der Waals surface area contributed by atoms with E-state index in [1.165, 1.54) is 13.0 Å². The van der Waals surface area contributed by atoms with Crippen LogP contribution in [0.2, 0.25) is 0 Å². The summed E-state index contributed by atoms with van der Waals surface area (Å²) in [4.78, 5) is 17.9. The molecule has 0 saturated carbocycles. The van der Waals surface area contributed by atoms with Gasteiger partial charge in [-0.1, -0.05) is 0 Å². The monoisotopic (exact) mass is 605 g/mol. The molecule has 1 amide bonds. The van der Waals surface area contributed by atoms with E-state index in [1.807, 2.05) is 49.9 Å². The molecule has 1 unspecified atom stereocenters. The number of aryl methyl sites for hydroxylation is 1. The third kappa shape index (κ3) is 7.72. The summed E-state index contributed by atoms with van der Waals surface area (Å²) >= 11 is -1.94. The van der Waals surface area contributed by atoms with E-state index in [0.717, 1.165) is 32.6 Å². The van der Waals surface area contributed by atoms with Crippen LogP contribution in [0.1, 0.15) is 57.7 Å². The molecule has 1 aromatic heterocycles. The van der Waals surface area contributed by atoms with Crippen LogP contribution in [-0.4, -0.2) is 44.9 Å². The summed E-state index contributed by atoms with van der Waals surface area (Å²) in [5, 5.41) is 2.85. The quantitative estimate of drug-likeness (QED) is 0.201. The van der Waals surface area contributed by atoms with Gasteiger partial charge in [0.15, 0.2) is 0 Å². The van der Waals surface area contributed by atoms with Crippen molar-refractivity contribution >= 4 is 31.5 Å². The summed E-state index contributed by atoms with van der Waals surface area (Å²) in [6.07, 6.45) is 0.466. The molecule has 1 N–H and O–H groups in total. The molecular formula is C26H35F3IN3O2. The van der Waals surface area contributed by atoms with Gasteiger partial charge in [0, 0.05) is 6.92 Å². The predicted molar refractivity (Wildman–Crippen MR) is 142 cm³/mol. The zero-order chi connectivity index (χ0) is 25.8. The van der Waals surface area contributed by atoms with Crippen molar-refractivity contribution in [2.75, 3.05) is 26.8 Å². The number of carbonyl (C=O) groups is 1. The maximum absolute atomic E-state index is 14.9. The number of aromatic nitrogens is 1. The minimum absolute atomic E-state index is 0.0828. The van der Waals surface area contributed by atoms with Crippen molar-refractivity contribution in [1.82, 2.24) is 10.3 Å². The van der Waals surface area contributed by atoms with Crippen LogP contribution in [0.5, 0.6) is 5.75 Å². The number of benzene rings is 1. The Morgan fingerprint density at radius 3 is 2.63 bits per heavy atom. The second-order valence-electron chi connectivity index (χ2n) is 9.10. The van der Waals surface area contributed by atoms with E-state index in [2.05, 4.69) is 5.32 Å². The molecule has 2 atom stereocenters. The Kier molecular flexibility index (Phi) is 9.28. The normalized spacial score (nSPS) is 17.3. The molecule has 1 aliphatic heterocycles. The Bertz CT molecular complexity index is 1010. The first kappa shape index (κ1) is 27.5. The molecule has 2 heterocycles. The molecule has 2 aromatic rings. The van der Waals surface area contributed by atoms with Crippen LogP contribution in [0.15, 0.2) is 30.3 Å². The summed E-state index contributed by atoms with van der Waals surface area (Å²) in [6.45, 7) is 9.32. The summed E-state index contributed by atoms with van der Waals surface area (Å²) in [6, 6.07) is 9.01. The van der Waals surface area contributed by atoms with Gasteiger partial charge >= 0.3 is 184 Å². The number of carbonyl (C=O) groups excluding carboxylic acids is 1. The molecule has 0 aliphatic carbocycles. The summed E-state index contributed by atoms with van der Waals surface area (Å²) < 4.78 is 50.1. The van der Waals surface area contributed by atoms with Gasteiger partial charge in [-0.25, -0.2) is 0 Å². The second-order valence-corrected chi connectivity index (χ2v) is 15.3. The van der Waals surface area contributed by atoms with E-state index >= 15 is 0 Å². The van der Waals surface area contributed by atoms with E-state index in [1.54, 1.807) is 0 Å². The van der Waals surface area contributed by atoms with Gasteiger partial charge in [-0.05, 0) is 6.92 Å². The Morgan fingerprint density at radius 1 is 1.34 bits per heavy atom. The van der Waals surface area contributed by atoms with E-state index < -0.39 is 25.7 Å². The van der Waals surface area contributed by atoms with Gasteiger partial charge in [-0.2, -0.15) is 0 Å². The molecule has 1 saturated heterocycles. The zero-order valence-corrected chi connectivity index (χ0v) is 23.2. The fraction of sp³-hybridized carbons (Fsp3) is 0.538. The number of ether oxygens (including phenoxy) is 1. The predicted octanol–water partition coefficient (Wildman–Crippen LogP) is 6.13. The molecular weight excluding hydrogens is 570 g/mol. The number of nitrogens with one attached hydrogen (secondary N) is 1. The number of alkyl halides is 4. The molecule has 1 aromatic carbocycles. The maximum atomic E-state index is 14.9. The molecule has 0 spiro atoms. The molecule has 5 nitrogen and oxygen atoms in total. The Balaban J connectivity index is 1.67. The van der Waals surface area contributed by atoms with E-state index in [0.29, 0.717) is 29.1 Å². The topological polar surface area (TPSA) is 54.5 Å². The number of amides is 1. The molecule has 1 fully saturated rings. The number of hydrogen-bond acceptors (Lipinski definition) is 4. The van der Waals surface area contributed by atoms with Crippen molar-refractivity contribution in [2.45, 2.75) is 65.5 Å². The fourth-order valence-corrected chi connectivity index (χ4v) is 9.63. The number of hydrogen-bond donors (Lipinski definition) is 1. The molecule has 194 valence electrons. The van der Waals surface area contributed by atoms with Crippen LogP contribution in [-0.2, 0) is 4.79 Å². The van der Waals surface area contributed by atoms with Gasteiger partial charge in [0.05, 0.1) is 0 Å². The van der Waals surface area contributed by atoms with Gasteiger partial charge in [0.1, 0.15) is 0 Å². The SMILES string of the molecule is CCI(CCC(C)(F)F)c1nc(N2CCC(Oc3ccc([C@H](C)NC(C)=O)cc3)C2)c(F)cc1C. The van der Waals surface area contributed by atoms with Gasteiger partial charge in [-0.15, -0.1) is 0 Å². The third-order valence-corrected chi connectivity index (χ3v) is 12.2. The summed E-state index contributed by atoms with van der Waals surface area (Å²) in [5.41, 5.74) is 1.74. The average molecular weight is 605 g/mol. The third-order valence-electron chi connectivity index (χ3n) is 5.97. The van der Waals surface area contributed by atoms with Crippen molar-refractivity contribution in [3.63, 3.8) is 0 Å². The molecule has 3 rings (SSSR count). The Hall–Kier alpha value is -2.04. The van der Waals surface area contributed by atoms with Crippen molar-refractivity contribution in [3.8, 4) is 5.75 Å². The van der Waals surface area contributed by atoms with Crippen molar-refractivity contribution in [3.05, 3.63) is 51.0 Å². The first-order valence-electron chi connectivity index (χ1n) is 11.9. The first-order chi connectivity index (χ1) is 16.5. The van der Waals surface area contributed by atoms with Crippen molar-refractivity contribution in [2.24, 2.45) is 0 Å². The van der Waals surface area contributed by atoms with Crippen molar-refractivity contribution in [1.29, 1.82) is 0 Å². The Morgan fingerprint density at radius 2 is 2.03 bits per heavy atom.